The van der Waals surface area contributed by atoms with Gasteiger partial charge in [-0.1, -0.05) is 114 Å². The molecule has 0 atom stereocenters. The van der Waals surface area contributed by atoms with Crippen molar-refractivity contribution in [3.63, 3.8) is 0 Å². The molecule has 6 heteroatoms. The van der Waals surface area contributed by atoms with Crippen molar-refractivity contribution in [2.24, 2.45) is 0 Å². The van der Waals surface area contributed by atoms with Gasteiger partial charge < -0.3 is 18.8 Å². The summed E-state index contributed by atoms with van der Waals surface area (Å²) in [6, 6.07) is -12.6. The molecule has 0 aliphatic carbocycles. The molecule has 4 nitrogen and oxygen atoms in total. The maximum absolute atomic E-state index is 10.5. The van der Waals surface area contributed by atoms with E-state index in [1.54, 1.807) is 41.5 Å². The minimum Gasteiger partial charge on any atom is -0.468 e. The number of furan rings is 1. The van der Waals surface area contributed by atoms with E-state index in [-0.39, 0.29) is 133 Å². The number of fused-ring (bicyclic) bond motifs is 14. The largest absolute Gasteiger partial charge is 0.468 e. The van der Waals surface area contributed by atoms with Crippen LogP contribution in [0.1, 0.15) is 82.8 Å². The fraction of sp³-hybridized carbons (Fsp3) is 0.154. The Labute approximate surface area is 372 Å². The van der Waals surface area contributed by atoms with E-state index in [2.05, 4.69) is 0 Å². The average molecular weight is 788 g/mol. The molecule has 3 aliphatic heterocycles. The van der Waals surface area contributed by atoms with Gasteiger partial charge in [-0.25, -0.2) is 0 Å². The molecule has 0 saturated carbocycles. The van der Waals surface area contributed by atoms with Crippen molar-refractivity contribution in [1.82, 2.24) is 4.57 Å². The summed E-state index contributed by atoms with van der Waals surface area (Å²) in [6.45, 7) is 8.74. The number of rotatable bonds is 1. The van der Waals surface area contributed by atoms with Crippen LogP contribution in [0.5, 0.6) is 0 Å². The standard InChI is InChI=1S/C52H40BN3OS/c1-51(2,3)29-21-24-43-36(25-29)48-50(57-43)53-37-16-12-19-40-49(37)56(39-18-11-15-35-32-13-7-9-17-38(32)55(40)47(35)39)42-27-30(52(4,5)6)26-41(46(42)53)54(48)31-22-23-34-33-14-8-10-20-44(33)58-45(34)28-31/h7-28H,1-6H3/i7D,8D,9D,10D,11D,12D,13D,14D,15D,16D,17D,18D,19D,20D,21D,22D,23D,24D,25D,26D,27D,28D. The molecule has 0 unspecified atom stereocenters. The van der Waals surface area contributed by atoms with Crippen LogP contribution in [0.15, 0.2) is 137 Å². The summed E-state index contributed by atoms with van der Waals surface area (Å²) in [4.78, 5) is 2.60. The lowest BCUT2D eigenvalue weighted by molar-refractivity contribution is 0.590. The Bertz CT molecular complexity index is 4740. The zero-order valence-corrected chi connectivity index (χ0v) is 32.6. The van der Waals surface area contributed by atoms with Crippen molar-refractivity contribution < 1.29 is 34.6 Å². The number of nitrogens with zero attached hydrogens (tertiary/aromatic N) is 3. The maximum atomic E-state index is 10.5. The van der Waals surface area contributed by atoms with Gasteiger partial charge in [0, 0.05) is 53.4 Å². The summed E-state index contributed by atoms with van der Waals surface area (Å²) in [7, 11) is 0. The smallest absolute Gasteiger partial charge is 0.297 e. The molecule has 3 aromatic heterocycles. The van der Waals surface area contributed by atoms with E-state index in [0.29, 0.717) is 0 Å². The van der Waals surface area contributed by atoms with Crippen molar-refractivity contribution in [3.8, 4) is 5.69 Å². The molecule has 0 radical (unpaired) electrons. The quantitative estimate of drug-likeness (QED) is 0.155. The topological polar surface area (TPSA) is 24.6 Å². The van der Waals surface area contributed by atoms with Crippen molar-refractivity contribution in [2.75, 3.05) is 9.80 Å². The predicted molar refractivity (Wildman–Crippen MR) is 248 cm³/mol. The summed E-state index contributed by atoms with van der Waals surface area (Å²) >= 11 is 0.778. The number of aromatic nitrogens is 1. The maximum Gasteiger partial charge on any atom is 0.297 e. The molecule has 278 valence electrons. The molecule has 0 amide bonds. The van der Waals surface area contributed by atoms with Gasteiger partial charge in [0.2, 0.25) is 0 Å². The first-order chi connectivity index (χ1) is 37.2. The first-order valence-corrected chi connectivity index (χ1v) is 19.5. The summed E-state index contributed by atoms with van der Waals surface area (Å²) in [5.41, 5.74) is -5.24. The molecular formula is C52H40BN3OS. The SMILES string of the molecule is [2H]c1c([2H])c2c3c(c1[2H])-n1c4c([2H])c([2H])c([2H])c([2H])c4c4c([2H])c([2H])c([2H])c(c41)N3c1c([2H])c(C(C)(C)C)c([2H])c3c1B2c1oc2c([2H])c([2H])c(C(C)(C)C)c([2H])c2c1N3c1c([2H])c([2H])c2c(sc3c([2H])c([2H])c([2H])c([2H])c32)c1[2H]. The van der Waals surface area contributed by atoms with Crippen LogP contribution in [0.2, 0.25) is 0 Å². The highest BCUT2D eigenvalue weighted by Crippen LogP contribution is 2.54. The van der Waals surface area contributed by atoms with Crippen LogP contribution in [0.25, 0.3) is 58.6 Å². The van der Waals surface area contributed by atoms with Crippen LogP contribution >= 0.6 is 11.3 Å². The van der Waals surface area contributed by atoms with Crippen LogP contribution in [-0.4, -0.2) is 11.3 Å². The number of anilines is 6. The van der Waals surface area contributed by atoms with Crippen LogP contribution in [0.3, 0.4) is 0 Å². The third-order valence-electron chi connectivity index (χ3n) is 11.3. The van der Waals surface area contributed by atoms with Gasteiger partial charge in [-0.2, -0.15) is 0 Å². The molecule has 58 heavy (non-hydrogen) atoms. The predicted octanol–water partition coefficient (Wildman–Crippen LogP) is 12.9. The highest BCUT2D eigenvalue weighted by molar-refractivity contribution is 7.25. The molecule has 0 N–H and O–H groups in total. The lowest BCUT2D eigenvalue weighted by atomic mass is 9.35. The van der Waals surface area contributed by atoms with Crippen molar-refractivity contribution in [2.45, 2.75) is 52.4 Å². The molecule has 0 bridgehead atoms. The molecule has 3 aliphatic rings. The highest BCUT2D eigenvalue weighted by Gasteiger charge is 2.49. The molecule has 6 heterocycles. The van der Waals surface area contributed by atoms with Gasteiger partial charge in [0.15, 0.2) is 0 Å². The average Bonchev–Trinajstić information content (AvgIpc) is 3.67. The van der Waals surface area contributed by atoms with Crippen molar-refractivity contribution in [3.05, 3.63) is 144 Å². The number of thiophene rings is 1. The molecule has 10 aromatic rings. The normalized spacial score (nSPS) is 19.6. The second-order valence-corrected chi connectivity index (χ2v) is 17.9. The number of benzene rings is 7. The number of para-hydroxylation sites is 3. The van der Waals surface area contributed by atoms with Crippen molar-refractivity contribution in [1.29, 1.82) is 0 Å². The third-order valence-corrected chi connectivity index (χ3v) is 12.3. The van der Waals surface area contributed by atoms with Gasteiger partial charge in [-0.15, -0.1) is 11.3 Å². The first kappa shape index (κ1) is 18.1. The van der Waals surface area contributed by atoms with E-state index in [1.165, 1.54) is 14.4 Å². The Morgan fingerprint density at radius 2 is 1.26 bits per heavy atom. The summed E-state index contributed by atoms with van der Waals surface area (Å²) in [5.74, 6) is 0. The molecule has 0 spiro atoms. The molecule has 13 rings (SSSR count). The Morgan fingerprint density at radius 1 is 0.552 bits per heavy atom. The van der Waals surface area contributed by atoms with Gasteiger partial charge in [-0.05, 0) is 93.3 Å². The first-order valence-electron chi connectivity index (χ1n) is 29.7. The minimum absolute atomic E-state index is 0.00547. The Morgan fingerprint density at radius 3 is 2.09 bits per heavy atom. The third kappa shape index (κ3) is 4.11. The van der Waals surface area contributed by atoms with E-state index < -0.39 is 138 Å². The summed E-state index contributed by atoms with van der Waals surface area (Å²) < 4.78 is 217. The fourth-order valence-corrected chi connectivity index (χ4v) is 9.61. The molecule has 0 saturated heterocycles. The lowest BCUT2D eigenvalue weighted by Gasteiger charge is -2.45. The number of hydrogen-bond donors (Lipinski definition) is 0. The van der Waals surface area contributed by atoms with Crippen LogP contribution in [0, 0.1) is 0 Å². The Balaban J connectivity index is 1.33. The van der Waals surface area contributed by atoms with E-state index in [1.807, 2.05) is 0 Å². The van der Waals surface area contributed by atoms with Gasteiger partial charge in [0.25, 0.3) is 6.71 Å². The zero-order valence-electron chi connectivity index (χ0n) is 53.7. The van der Waals surface area contributed by atoms with E-state index in [9.17, 15) is 21.9 Å². The van der Waals surface area contributed by atoms with Crippen LogP contribution < -0.4 is 26.4 Å². The Hall–Kier alpha value is -6.24. The van der Waals surface area contributed by atoms with Crippen molar-refractivity contribution >= 4 is 122 Å². The van der Waals surface area contributed by atoms with Crippen LogP contribution in [0.4, 0.5) is 34.1 Å². The lowest BCUT2D eigenvalue weighted by Crippen LogP contribution is -2.61. The summed E-state index contributed by atoms with van der Waals surface area (Å²) in [5, 5.41) is -0.863. The second kappa shape index (κ2) is 10.8. The van der Waals surface area contributed by atoms with Crippen LogP contribution in [-0.2, 0) is 10.8 Å². The van der Waals surface area contributed by atoms with Gasteiger partial charge in [-0.3, -0.25) is 0 Å². The molecule has 7 aromatic carbocycles. The van der Waals surface area contributed by atoms with E-state index in [4.69, 9.17) is 12.6 Å². The monoisotopic (exact) mass is 787 g/mol. The second-order valence-electron chi connectivity index (χ2n) is 16.8. The van der Waals surface area contributed by atoms with Gasteiger partial charge in [0.1, 0.15) is 5.58 Å². The fourth-order valence-electron chi connectivity index (χ4n) is 8.65. The minimum atomic E-state index is -1.61. The van der Waals surface area contributed by atoms with Gasteiger partial charge in [0.05, 0.1) is 69.6 Å². The van der Waals surface area contributed by atoms with E-state index in [0.717, 1.165) is 11.3 Å². The zero-order chi connectivity index (χ0) is 58.1. The number of hydrogen-bond acceptors (Lipinski definition) is 4. The highest BCUT2D eigenvalue weighted by atomic mass is 32.1. The molecular weight excluding hydrogens is 725 g/mol. The Kier molecular flexibility index (Phi) is 3.39. The van der Waals surface area contributed by atoms with E-state index >= 15 is 0 Å². The van der Waals surface area contributed by atoms with Gasteiger partial charge >= 0.3 is 0 Å². The summed E-state index contributed by atoms with van der Waals surface area (Å²) in [6.07, 6.45) is 0. The molecule has 0 fully saturated rings.